The van der Waals surface area contributed by atoms with Gasteiger partial charge in [0.25, 0.3) is 0 Å². The molecule has 0 bridgehead atoms. The molecule has 7 rings (SSSR count). The molecule has 1 N–H and O–H groups in total. The van der Waals surface area contributed by atoms with Gasteiger partial charge < -0.3 is 9.67 Å². The molecule has 0 atom stereocenters. The van der Waals surface area contributed by atoms with E-state index in [0.717, 1.165) is 56.1 Å². The lowest BCUT2D eigenvalue weighted by Crippen LogP contribution is -2.24. The Kier molecular flexibility index (Phi) is 6.65. The second-order valence-electron chi connectivity index (χ2n) is 14.6. The van der Waals surface area contributed by atoms with E-state index in [0.29, 0.717) is 11.1 Å². The number of aromatic nitrogens is 1. The predicted octanol–water partition coefficient (Wildman–Crippen LogP) is 10.1. The molecule has 46 heavy (non-hydrogen) atoms. The molecule has 1 aromatic heterocycles. The zero-order valence-corrected chi connectivity index (χ0v) is 28.0. The maximum Gasteiger partial charge on any atom is 0.219 e. The average molecular weight is 606 g/mol. The Morgan fingerprint density at radius 2 is 1.22 bits per heavy atom. The van der Waals surface area contributed by atoms with Gasteiger partial charge in [-0.1, -0.05) is 96.1 Å². The Labute approximate surface area is 271 Å². The van der Waals surface area contributed by atoms with Crippen LogP contribution in [0.3, 0.4) is 0 Å². The minimum Gasteiger partial charge on any atom is -0.506 e. The van der Waals surface area contributed by atoms with E-state index < -0.39 is 0 Å². The van der Waals surface area contributed by atoms with E-state index in [1.165, 1.54) is 11.1 Å². The van der Waals surface area contributed by atoms with E-state index in [1.54, 1.807) is 0 Å². The third-order valence-electron chi connectivity index (χ3n) is 9.63. The first-order valence-electron chi connectivity index (χ1n) is 16.1. The molecule has 5 aromatic rings. The quantitative estimate of drug-likeness (QED) is 0.164. The SMILES string of the molecule is CC1=[N+](c2ccc(C(C)(C)C)cc2)c2ccccc2/C1=C1/C(=O)C(c2c(C)n(-c3ccc(C(C)(C)C)cc3)c3ccccc23)=C1O. The first-order chi connectivity index (χ1) is 21.8. The van der Waals surface area contributed by atoms with Gasteiger partial charge in [-0.15, -0.1) is 0 Å². The number of nitrogens with zero attached hydrogens (tertiary/aromatic N) is 2. The van der Waals surface area contributed by atoms with Gasteiger partial charge in [0.15, 0.2) is 5.71 Å². The molecular formula is C42H41N2O2+. The molecule has 0 spiro atoms. The van der Waals surface area contributed by atoms with Crippen LogP contribution in [0.15, 0.2) is 108 Å². The molecule has 0 radical (unpaired) electrons. The Balaban J connectivity index is 1.39. The van der Waals surface area contributed by atoms with Crippen LogP contribution in [0.4, 0.5) is 11.4 Å². The summed E-state index contributed by atoms with van der Waals surface area (Å²) in [6.07, 6.45) is 0. The van der Waals surface area contributed by atoms with Crippen molar-refractivity contribution in [1.29, 1.82) is 0 Å². The summed E-state index contributed by atoms with van der Waals surface area (Å²) in [5.74, 6) is -0.0613. The molecule has 0 fully saturated rings. The molecule has 230 valence electrons. The number of hydrogen-bond acceptors (Lipinski definition) is 2. The first kappa shape index (κ1) is 29.7. The van der Waals surface area contributed by atoms with Gasteiger partial charge in [-0.05, 0) is 53.1 Å². The molecule has 0 saturated heterocycles. The lowest BCUT2D eigenvalue weighted by molar-refractivity contribution is -0.111. The monoisotopic (exact) mass is 605 g/mol. The van der Waals surface area contributed by atoms with E-state index in [4.69, 9.17) is 0 Å². The Morgan fingerprint density at radius 1 is 0.652 bits per heavy atom. The van der Waals surface area contributed by atoms with E-state index in [1.807, 2.05) is 50.2 Å². The number of para-hydroxylation sites is 2. The van der Waals surface area contributed by atoms with E-state index >= 15 is 0 Å². The van der Waals surface area contributed by atoms with E-state index in [-0.39, 0.29) is 22.4 Å². The molecular weight excluding hydrogens is 564 g/mol. The van der Waals surface area contributed by atoms with Gasteiger partial charge >= 0.3 is 0 Å². The average Bonchev–Trinajstić information content (AvgIpc) is 3.47. The van der Waals surface area contributed by atoms with Crippen LogP contribution in [0.5, 0.6) is 0 Å². The minimum absolute atomic E-state index is 0.0514. The number of Topliss-reactive ketones (excluding diaryl/α,β-unsaturated/α-hetero) is 1. The van der Waals surface area contributed by atoms with Crippen molar-refractivity contribution in [2.75, 3.05) is 0 Å². The van der Waals surface area contributed by atoms with Gasteiger partial charge in [0.1, 0.15) is 5.76 Å². The smallest absolute Gasteiger partial charge is 0.219 e. The molecule has 2 heterocycles. The van der Waals surface area contributed by atoms with Crippen LogP contribution in [-0.4, -0.2) is 21.2 Å². The van der Waals surface area contributed by atoms with Crippen molar-refractivity contribution in [1.82, 2.24) is 9.14 Å². The van der Waals surface area contributed by atoms with Gasteiger partial charge in [0.2, 0.25) is 17.2 Å². The Hall–Kier alpha value is -4.96. The summed E-state index contributed by atoms with van der Waals surface area (Å²) in [5, 5.41) is 12.8. The summed E-state index contributed by atoms with van der Waals surface area (Å²) in [7, 11) is 0. The van der Waals surface area contributed by atoms with Crippen molar-refractivity contribution in [3.8, 4) is 5.69 Å². The maximum absolute atomic E-state index is 14.3. The van der Waals surface area contributed by atoms with E-state index in [9.17, 15) is 9.90 Å². The number of fused-ring (bicyclic) bond motifs is 2. The summed E-state index contributed by atoms with van der Waals surface area (Å²) in [4.78, 5) is 14.3. The van der Waals surface area contributed by atoms with Gasteiger partial charge in [0, 0.05) is 47.5 Å². The second kappa shape index (κ2) is 10.3. The summed E-state index contributed by atoms with van der Waals surface area (Å²) < 4.78 is 4.39. The largest absolute Gasteiger partial charge is 0.506 e. The fourth-order valence-electron chi connectivity index (χ4n) is 7.12. The molecule has 4 nitrogen and oxygen atoms in total. The van der Waals surface area contributed by atoms with Crippen LogP contribution in [0.25, 0.3) is 27.7 Å². The van der Waals surface area contributed by atoms with Crippen molar-refractivity contribution in [3.05, 3.63) is 136 Å². The third kappa shape index (κ3) is 4.42. The van der Waals surface area contributed by atoms with Crippen LogP contribution in [-0.2, 0) is 15.6 Å². The standard InChI is InChI=1S/C42H40N2O2/c1-25-35(31-13-9-11-15-33(31)43(25)29-21-17-27(18-22-29)41(3,4)5)37-39(45)38(40(37)46)36-26(2)44(34-16-12-10-14-32(34)36)30-23-19-28(20-24-30)42(6,7)8/h9-24H,1-8H3/p+1. The van der Waals surface area contributed by atoms with Crippen molar-refractivity contribution in [2.24, 2.45) is 0 Å². The lowest BCUT2D eigenvalue weighted by Gasteiger charge is -2.23. The number of aliphatic hydroxyl groups excluding tert-OH is 1. The number of ketones is 1. The number of rotatable bonds is 3. The van der Waals surface area contributed by atoms with Crippen LogP contribution in [0, 0.1) is 6.92 Å². The highest BCUT2D eigenvalue weighted by molar-refractivity contribution is 6.48. The summed E-state index contributed by atoms with van der Waals surface area (Å²) in [6.45, 7) is 17.3. The number of allylic oxidation sites excluding steroid dienone is 3. The van der Waals surface area contributed by atoms with Crippen LogP contribution < -0.4 is 4.58 Å². The Bertz CT molecular complexity index is 2170. The van der Waals surface area contributed by atoms with E-state index in [2.05, 4.69) is 111 Å². The van der Waals surface area contributed by atoms with Gasteiger partial charge in [0.05, 0.1) is 27.8 Å². The molecule has 1 aliphatic carbocycles. The summed E-state index contributed by atoms with van der Waals surface area (Å²) in [6, 6.07) is 33.6. The lowest BCUT2D eigenvalue weighted by atomic mass is 9.78. The molecule has 0 saturated carbocycles. The van der Waals surface area contributed by atoms with Crippen LogP contribution >= 0.6 is 0 Å². The van der Waals surface area contributed by atoms with Crippen LogP contribution in [0.2, 0.25) is 0 Å². The van der Waals surface area contributed by atoms with Gasteiger partial charge in [-0.2, -0.15) is 4.58 Å². The third-order valence-corrected chi connectivity index (χ3v) is 9.63. The fourth-order valence-corrected chi connectivity index (χ4v) is 7.12. The first-order valence-corrected chi connectivity index (χ1v) is 16.1. The van der Waals surface area contributed by atoms with Crippen molar-refractivity contribution >= 4 is 44.9 Å². The number of benzene rings is 4. The molecule has 0 amide bonds. The molecule has 4 aromatic carbocycles. The summed E-state index contributed by atoms with van der Waals surface area (Å²) >= 11 is 0. The Morgan fingerprint density at radius 3 is 1.83 bits per heavy atom. The highest BCUT2D eigenvalue weighted by Gasteiger charge is 2.45. The molecule has 4 heteroatoms. The predicted molar refractivity (Wildman–Crippen MR) is 192 cm³/mol. The molecule has 0 unspecified atom stereocenters. The fraction of sp³-hybridized carbons (Fsp3) is 0.238. The highest BCUT2D eigenvalue weighted by atomic mass is 16.3. The number of carbonyl (C=O) groups excluding carboxylic acids is 1. The molecule has 1 aliphatic heterocycles. The van der Waals surface area contributed by atoms with Crippen LogP contribution in [0.1, 0.15) is 76.4 Å². The van der Waals surface area contributed by atoms with Crippen molar-refractivity contribution < 1.29 is 9.90 Å². The highest BCUT2D eigenvalue weighted by Crippen LogP contribution is 2.48. The number of carbonyl (C=O) groups is 1. The minimum atomic E-state index is -0.124. The number of hydrogen-bond donors (Lipinski definition) is 1. The normalized spacial score (nSPS) is 16.8. The number of aliphatic hydroxyl groups is 1. The second-order valence-corrected chi connectivity index (χ2v) is 14.6. The van der Waals surface area contributed by atoms with Gasteiger partial charge in [-0.25, -0.2) is 0 Å². The van der Waals surface area contributed by atoms with Gasteiger partial charge in [-0.3, -0.25) is 4.79 Å². The molecule has 2 aliphatic rings. The zero-order valence-electron chi connectivity index (χ0n) is 28.0. The van der Waals surface area contributed by atoms with Crippen molar-refractivity contribution in [2.45, 2.75) is 66.2 Å². The summed E-state index contributed by atoms with van der Waals surface area (Å²) in [5.41, 5.74) is 11.9. The maximum atomic E-state index is 14.3. The van der Waals surface area contributed by atoms with Crippen molar-refractivity contribution in [3.63, 3.8) is 0 Å². The zero-order chi connectivity index (χ0) is 32.7. The topological polar surface area (TPSA) is 45.2 Å².